The van der Waals surface area contributed by atoms with E-state index in [1.165, 1.54) is 87.1 Å². The number of aromatic nitrogens is 1. The molecule has 0 bridgehead atoms. The average Bonchev–Trinajstić information content (AvgIpc) is 3.76. The van der Waals surface area contributed by atoms with Gasteiger partial charge in [0.25, 0.3) is 0 Å². The van der Waals surface area contributed by atoms with Crippen LogP contribution >= 0.6 is 0 Å². The standard InChI is InChI=1S/C48H29BN2OSi/c1-3-16-31(17-4-1)53(32-18-5-2-6-19-32)41-27-12-10-25-39(41)50-45-33-20-8-7-15-30(33)29-37-34-22-13-23-36-44(34)51(46-35-21-9-11-26-40(35)52-48(36)46)49(43(37)45)38-24-14-28-42(53)47(38)50/h1-29H. The average molecular weight is 689 g/mol. The molecule has 0 radical (unpaired) electrons. The van der Waals surface area contributed by atoms with E-state index in [2.05, 4.69) is 185 Å². The van der Waals surface area contributed by atoms with E-state index >= 15 is 0 Å². The van der Waals surface area contributed by atoms with Gasteiger partial charge in [0.2, 0.25) is 0 Å². The van der Waals surface area contributed by atoms with E-state index in [4.69, 9.17) is 4.42 Å². The molecule has 10 aromatic rings. The van der Waals surface area contributed by atoms with Gasteiger partial charge in [-0.1, -0.05) is 146 Å². The van der Waals surface area contributed by atoms with Crippen molar-refractivity contribution in [1.82, 2.24) is 4.48 Å². The number of benzene rings is 8. The van der Waals surface area contributed by atoms with E-state index in [1.807, 2.05) is 0 Å². The highest BCUT2D eigenvalue weighted by Crippen LogP contribution is 2.49. The van der Waals surface area contributed by atoms with Gasteiger partial charge in [0.05, 0.1) is 11.2 Å². The van der Waals surface area contributed by atoms with E-state index in [0.717, 1.165) is 16.6 Å². The molecule has 13 rings (SSSR count). The summed E-state index contributed by atoms with van der Waals surface area (Å²) in [5, 5.41) is 10.5. The van der Waals surface area contributed by atoms with Gasteiger partial charge in [-0.05, 0) is 73.0 Å². The summed E-state index contributed by atoms with van der Waals surface area (Å²) in [6.07, 6.45) is 0. The summed E-state index contributed by atoms with van der Waals surface area (Å²) in [7, 11) is -2.83. The fraction of sp³-hybridized carbons (Fsp3) is 0. The lowest BCUT2D eigenvalue weighted by atomic mass is 9.45. The minimum Gasteiger partial charge on any atom is -0.454 e. The van der Waals surface area contributed by atoms with Crippen molar-refractivity contribution in [3.63, 3.8) is 0 Å². The SMILES string of the molecule is c1ccc([Si]2(c3ccccc3)c3ccccc3N3c4c(cccc42)B2c4c(cc5ccccc5c43)-c3cccc4c5oc6ccccc6c5n2c34)cc1. The van der Waals surface area contributed by atoms with E-state index in [9.17, 15) is 0 Å². The van der Waals surface area contributed by atoms with Crippen molar-refractivity contribution in [2.45, 2.75) is 0 Å². The molecule has 3 nitrogen and oxygen atoms in total. The van der Waals surface area contributed by atoms with Crippen LogP contribution in [0.25, 0.3) is 54.9 Å². The van der Waals surface area contributed by atoms with Gasteiger partial charge in [0.15, 0.2) is 13.7 Å². The highest BCUT2D eigenvalue weighted by atomic mass is 28.3. The summed E-state index contributed by atoms with van der Waals surface area (Å²) in [5.41, 5.74) is 13.5. The third kappa shape index (κ3) is 3.25. The van der Waals surface area contributed by atoms with Crippen LogP contribution in [-0.4, -0.2) is 19.4 Å². The van der Waals surface area contributed by atoms with Gasteiger partial charge in [-0.15, -0.1) is 0 Å². The summed E-state index contributed by atoms with van der Waals surface area (Å²) in [6, 6.07) is 66.0. The zero-order valence-corrected chi connectivity index (χ0v) is 29.6. The van der Waals surface area contributed by atoms with Crippen LogP contribution in [0.2, 0.25) is 0 Å². The smallest absolute Gasteiger partial charge is 0.333 e. The van der Waals surface area contributed by atoms with Crippen LogP contribution in [0.4, 0.5) is 17.1 Å². The first kappa shape index (κ1) is 28.1. The molecule has 5 heteroatoms. The summed E-state index contributed by atoms with van der Waals surface area (Å²) in [6.45, 7) is -0.0600. The largest absolute Gasteiger partial charge is 0.454 e. The molecule has 0 amide bonds. The number of fused-ring (bicyclic) bond motifs is 13. The number of para-hydroxylation sites is 4. The zero-order valence-electron chi connectivity index (χ0n) is 28.6. The topological polar surface area (TPSA) is 21.3 Å². The zero-order chi connectivity index (χ0) is 34.4. The molecule has 0 N–H and O–H groups in total. The third-order valence-corrected chi connectivity index (χ3v) is 17.2. The molecule has 0 fully saturated rings. The number of hydrogen-bond acceptors (Lipinski definition) is 2. The molecule has 244 valence electrons. The van der Waals surface area contributed by atoms with Gasteiger partial charge in [0, 0.05) is 38.6 Å². The van der Waals surface area contributed by atoms with Crippen LogP contribution in [0.3, 0.4) is 0 Å². The summed E-state index contributed by atoms with van der Waals surface area (Å²) in [4.78, 5) is 2.66. The Kier molecular flexibility index (Phi) is 5.22. The second-order valence-electron chi connectivity index (χ2n) is 14.7. The maximum atomic E-state index is 6.78. The lowest BCUT2D eigenvalue weighted by molar-refractivity contribution is 0.673. The van der Waals surface area contributed by atoms with Crippen LogP contribution in [0.1, 0.15) is 0 Å². The fourth-order valence-corrected chi connectivity index (χ4v) is 15.7. The van der Waals surface area contributed by atoms with Crippen LogP contribution in [0.5, 0.6) is 0 Å². The molecule has 0 saturated heterocycles. The number of rotatable bonds is 2. The molecule has 3 aliphatic rings. The third-order valence-electron chi connectivity index (χ3n) is 12.4. The maximum Gasteiger partial charge on any atom is 0.333 e. The number of anilines is 3. The minimum absolute atomic E-state index is 0.0600. The summed E-state index contributed by atoms with van der Waals surface area (Å²) >= 11 is 0. The molecule has 3 aliphatic heterocycles. The number of furan rings is 1. The lowest BCUT2D eigenvalue weighted by Gasteiger charge is -2.50. The van der Waals surface area contributed by atoms with Crippen molar-refractivity contribution in [3.05, 3.63) is 176 Å². The van der Waals surface area contributed by atoms with Crippen LogP contribution < -0.4 is 36.6 Å². The Morgan fingerprint density at radius 3 is 1.98 bits per heavy atom. The van der Waals surface area contributed by atoms with Crippen LogP contribution in [-0.2, 0) is 0 Å². The fourth-order valence-electron chi connectivity index (χ4n) is 10.5. The summed E-state index contributed by atoms with van der Waals surface area (Å²) in [5.74, 6) is 0. The quantitative estimate of drug-likeness (QED) is 0.173. The van der Waals surface area contributed by atoms with Crippen molar-refractivity contribution in [2.75, 3.05) is 4.90 Å². The van der Waals surface area contributed by atoms with E-state index in [1.54, 1.807) is 0 Å². The Morgan fingerprint density at radius 1 is 0.491 bits per heavy atom. The normalized spacial score (nSPS) is 14.5. The van der Waals surface area contributed by atoms with E-state index in [-0.39, 0.29) is 6.85 Å². The van der Waals surface area contributed by atoms with Gasteiger partial charge in [-0.25, -0.2) is 0 Å². The van der Waals surface area contributed by atoms with Crippen LogP contribution in [0.15, 0.2) is 180 Å². The Balaban J connectivity index is 1.28. The highest BCUT2D eigenvalue weighted by Gasteiger charge is 2.53. The Bertz CT molecular complexity index is 3160. The molecular weight excluding hydrogens is 659 g/mol. The molecule has 0 spiro atoms. The van der Waals surface area contributed by atoms with Gasteiger partial charge in [-0.2, -0.15) is 0 Å². The van der Waals surface area contributed by atoms with Crippen molar-refractivity contribution < 1.29 is 4.42 Å². The molecule has 0 unspecified atom stereocenters. The second-order valence-corrected chi connectivity index (χ2v) is 18.5. The van der Waals surface area contributed by atoms with Crippen molar-refractivity contribution in [2.24, 2.45) is 0 Å². The van der Waals surface area contributed by atoms with Gasteiger partial charge in [0.1, 0.15) is 5.58 Å². The molecule has 5 heterocycles. The van der Waals surface area contributed by atoms with Crippen molar-refractivity contribution >= 4 is 107 Å². The Morgan fingerprint density at radius 2 is 1.15 bits per heavy atom. The molecular formula is C48H29BN2OSi. The van der Waals surface area contributed by atoms with Gasteiger partial charge >= 0.3 is 6.85 Å². The maximum absolute atomic E-state index is 6.78. The Hall–Kier alpha value is -6.56. The first-order valence-corrected chi connectivity index (χ1v) is 20.5. The Labute approximate surface area is 307 Å². The number of hydrogen-bond donors (Lipinski definition) is 0. The monoisotopic (exact) mass is 688 g/mol. The predicted octanol–water partition coefficient (Wildman–Crippen LogP) is 7.80. The van der Waals surface area contributed by atoms with Crippen LogP contribution in [0, 0.1) is 0 Å². The van der Waals surface area contributed by atoms with Gasteiger partial charge < -0.3 is 13.8 Å². The molecule has 53 heavy (non-hydrogen) atoms. The van der Waals surface area contributed by atoms with Crippen molar-refractivity contribution in [3.8, 4) is 11.1 Å². The highest BCUT2D eigenvalue weighted by molar-refractivity contribution is 7.21. The van der Waals surface area contributed by atoms with E-state index in [0.29, 0.717) is 0 Å². The predicted molar refractivity (Wildman–Crippen MR) is 224 cm³/mol. The molecule has 0 saturated carbocycles. The molecule has 8 aromatic carbocycles. The lowest BCUT2D eigenvalue weighted by Crippen LogP contribution is -2.78. The van der Waals surface area contributed by atoms with Crippen molar-refractivity contribution in [1.29, 1.82) is 0 Å². The second kappa shape index (κ2) is 9.85. The van der Waals surface area contributed by atoms with E-state index < -0.39 is 8.07 Å². The first-order chi connectivity index (χ1) is 26.3. The minimum atomic E-state index is -2.83. The van der Waals surface area contributed by atoms with Gasteiger partial charge in [-0.3, -0.25) is 0 Å². The molecule has 2 aromatic heterocycles. The summed E-state index contributed by atoms with van der Waals surface area (Å²) < 4.78 is 9.43. The molecule has 0 atom stereocenters. The first-order valence-electron chi connectivity index (χ1n) is 18.5. The molecule has 0 aliphatic carbocycles. The number of nitrogens with zero attached hydrogens (tertiary/aromatic N) is 2.